The lowest BCUT2D eigenvalue weighted by Crippen LogP contribution is -2.12. The number of hydrogen-bond donors (Lipinski definition) is 1. The molecule has 5 nitrogen and oxygen atoms in total. The molecule has 29 heavy (non-hydrogen) atoms. The quantitative estimate of drug-likeness (QED) is 0.690. The van der Waals surface area contributed by atoms with E-state index >= 15 is 0 Å². The molecule has 1 heterocycles. The van der Waals surface area contributed by atoms with Crippen LogP contribution < -0.4 is 15.2 Å². The number of ether oxygens (including phenoxy) is 2. The highest BCUT2D eigenvalue weighted by atomic mass is 16.5. The number of nitrogens with zero attached hydrogens (tertiary/aromatic N) is 2. The van der Waals surface area contributed by atoms with Gasteiger partial charge in [0.15, 0.2) is 0 Å². The Morgan fingerprint density at radius 3 is 2.66 bits per heavy atom. The summed E-state index contributed by atoms with van der Waals surface area (Å²) in [4.78, 5) is 4.51. The van der Waals surface area contributed by atoms with Crippen LogP contribution in [-0.4, -0.2) is 12.1 Å². The van der Waals surface area contributed by atoms with Crippen LogP contribution >= 0.6 is 0 Å². The fraction of sp³-hybridized carbons (Fsp3) is 0.250. The first-order valence-corrected chi connectivity index (χ1v) is 9.77. The number of aryl methyl sites for hydroxylation is 1. The van der Waals surface area contributed by atoms with Gasteiger partial charge in [-0.3, -0.25) is 0 Å². The van der Waals surface area contributed by atoms with E-state index in [0.717, 1.165) is 65.1 Å². The third-order valence-electron chi connectivity index (χ3n) is 5.32. The molecule has 0 fully saturated rings. The summed E-state index contributed by atoms with van der Waals surface area (Å²) in [6, 6.07) is 17.9. The fourth-order valence-electron chi connectivity index (χ4n) is 3.92. The molecule has 1 aliphatic rings. The van der Waals surface area contributed by atoms with Crippen LogP contribution in [0.25, 0.3) is 11.1 Å². The molecule has 0 atom stereocenters. The summed E-state index contributed by atoms with van der Waals surface area (Å²) in [6.45, 7) is 0.367. The number of nitriles is 1. The molecule has 0 bridgehead atoms. The minimum Gasteiger partial charge on any atom is -0.496 e. The fourth-order valence-corrected chi connectivity index (χ4v) is 3.92. The van der Waals surface area contributed by atoms with Crippen molar-refractivity contribution < 1.29 is 9.47 Å². The summed E-state index contributed by atoms with van der Waals surface area (Å²) in [5.41, 5.74) is 11.5. The van der Waals surface area contributed by atoms with Gasteiger partial charge in [0, 0.05) is 16.8 Å². The molecule has 2 N–H and O–H groups in total. The summed E-state index contributed by atoms with van der Waals surface area (Å²) >= 11 is 0. The maximum Gasteiger partial charge on any atom is 0.142 e. The molecule has 0 radical (unpaired) electrons. The van der Waals surface area contributed by atoms with E-state index in [1.54, 1.807) is 7.11 Å². The van der Waals surface area contributed by atoms with Crippen molar-refractivity contribution in [2.75, 3.05) is 12.8 Å². The number of para-hydroxylation sites is 1. The Kier molecular flexibility index (Phi) is 5.35. The Morgan fingerprint density at radius 2 is 1.90 bits per heavy atom. The molecule has 4 rings (SSSR count). The number of aromatic nitrogens is 1. The van der Waals surface area contributed by atoms with Gasteiger partial charge in [-0.05, 0) is 61.1 Å². The molecule has 2 aromatic carbocycles. The SMILES string of the molecule is COc1ccc(-c2c(C#N)c(N)nc3c2CCCC3)cc1COc1ccccc1. The van der Waals surface area contributed by atoms with Crippen molar-refractivity contribution in [1.29, 1.82) is 5.26 Å². The average Bonchev–Trinajstić information content (AvgIpc) is 2.77. The molecule has 0 spiro atoms. The molecule has 3 aromatic rings. The van der Waals surface area contributed by atoms with Crippen molar-refractivity contribution in [1.82, 2.24) is 4.98 Å². The third kappa shape index (κ3) is 3.74. The van der Waals surface area contributed by atoms with E-state index in [9.17, 15) is 5.26 Å². The monoisotopic (exact) mass is 385 g/mol. The van der Waals surface area contributed by atoms with Gasteiger partial charge >= 0.3 is 0 Å². The Hall–Kier alpha value is -3.52. The van der Waals surface area contributed by atoms with Gasteiger partial charge in [-0.1, -0.05) is 24.3 Å². The van der Waals surface area contributed by atoms with Crippen LogP contribution in [0.3, 0.4) is 0 Å². The van der Waals surface area contributed by atoms with E-state index in [4.69, 9.17) is 15.2 Å². The van der Waals surface area contributed by atoms with Crippen molar-refractivity contribution >= 4 is 5.82 Å². The topological polar surface area (TPSA) is 81.2 Å². The van der Waals surface area contributed by atoms with Gasteiger partial charge in [-0.15, -0.1) is 0 Å². The summed E-state index contributed by atoms with van der Waals surface area (Å²) in [5, 5.41) is 9.76. The molecule has 0 aliphatic heterocycles. The second kappa shape index (κ2) is 8.24. The van der Waals surface area contributed by atoms with Crippen LogP contribution in [0.4, 0.5) is 5.82 Å². The van der Waals surface area contributed by atoms with Crippen LogP contribution in [0, 0.1) is 11.3 Å². The Morgan fingerprint density at radius 1 is 1.10 bits per heavy atom. The largest absolute Gasteiger partial charge is 0.496 e. The highest BCUT2D eigenvalue weighted by molar-refractivity contribution is 5.80. The van der Waals surface area contributed by atoms with Gasteiger partial charge in [0.2, 0.25) is 0 Å². The molecule has 0 amide bonds. The molecule has 1 aliphatic carbocycles. The molecule has 5 heteroatoms. The minimum absolute atomic E-state index is 0.307. The molecule has 1 aromatic heterocycles. The van der Waals surface area contributed by atoms with Gasteiger partial charge in [-0.2, -0.15) is 5.26 Å². The lowest BCUT2D eigenvalue weighted by atomic mass is 9.86. The first-order chi connectivity index (χ1) is 14.2. The van der Waals surface area contributed by atoms with E-state index < -0.39 is 0 Å². The predicted molar refractivity (Wildman–Crippen MR) is 113 cm³/mol. The zero-order valence-corrected chi connectivity index (χ0v) is 16.4. The highest BCUT2D eigenvalue weighted by Crippen LogP contribution is 2.37. The number of fused-ring (bicyclic) bond motifs is 1. The van der Waals surface area contributed by atoms with Crippen LogP contribution in [0.1, 0.15) is 35.2 Å². The maximum atomic E-state index is 9.76. The Labute approximate surface area is 170 Å². The first kappa shape index (κ1) is 18.8. The van der Waals surface area contributed by atoms with Crippen molar-refractivity contribution in [2.24, 2.45) is 0 Å². The summed E-state index contributed by atoms with van der Waals surface area (Å²) in [6.07, 6.45) is 4.01. The number of methoxy groups -OCH3 is 1. The number of hydrogen-bond acceptors (Lipinski definition) is 5. The second-order valence-electron chi connectivity index (χ2n) is 7.12. The van der Waals surface area contributed by atoms with Crippen LogP contribution in [0.2, 0.25) is 0 Å². The van der Waals surface area contributed by atoms with Crippen molar-refractivity contribution in [3.8, 4) is 28.7 Å². The normalized spacial score (nSPS) is 12.7. The second-order valence-corrected chi connectivity index (χ2v) is 7.12. The lowest BCUT2D eigenvalue weighted by molar-refractivity contribution is 0.297. The van der Waals surface area contributed by atoms with Gasteiger partial charge < -0.3 is 15.2 Å². The van der Waals surface area contributed by atoms with Crippen LogP contribution in [0.5, 0.6) is 11.5 Å². The van der Waals surface area contributed by atoms with E-state index in [2.05, 4.69) is 11.1 Å². The molecular formula is C24H23N3O2. The van der Waals surface area contributed by atoms with Gasteiger partial charge in [0.05, 0.1) is 7.11 Å². The number of rotatable bonds is 5. The predicted octanol–water partition coefficient (Wildman–Crippen LogP) is 4.67. The maximum absolute atomic E-state index is 9.76. The number of nitrogens with two attached hydrogens (primary N) is 1. The first-order valence-electron chi connectivity index (χ1n) is 9.77. The zero-order chi connectivity index (χ0) is 20.2. The average molecular weight is 385 g/mol. The number of pyridine rings is 1. The number of benzene rings is 2. The standard InChI is InChI=1S/C24H23N3O2/c1-28-22-12-11-16(13-17(22)15-29-18-7-3-2-4-8-18)23-19-9-5-6-10-21(19)27-24(26)20(23)14-25/h2-4,7-8,11-13H,5-6,9-10,15H2,1H3,(H2,26,27). The van der Waals surface area contributed by atoms with Crippen LogP contribution in [-0.2, 0) is 19.4 Å². The van der Waals surface area contributed by atoms with Gasteiger partial charge in [0.1, 0.15) is 35.6 Å². The smallest absolute Gasteiger partial charge is 0.142 e. The van der Waals surface area contributed by atoms with E-state index in [-0.39, 0.29) is 0 Å². The number of nitrogen functional groups attached to an aromatic ring is 1. The highest BCUT2D eigenvalue weighted by Gasteiger charge is 2.22. The van der Waals surface area contributed by atoms with E-state index in [1.807, 2.05) is 48.5 Å². The van der Waals surface area contributed by atoms with Crippen LogP contribution in [0.15, 0.2) is 48.5 Å². The minimum atomic E-state index is 0.307. The molecule has 0 saturated heterocycles. The Bertz CT molecular complexity index is 1070. The zero-order valence-electron chi connectivity index (χ0n) is 16.4. The lowest BCUT2D eigenvalue weighted by Gasteiger charge is -2.21. The van der Waals surface area contributed by atoms with E-state index in [0.29, 0.717) is 18.0 Å². The molecular weight excluding hydrogens is 362 g/mol. The molecule has 0 saturated carbocycles. The summed E-state index contributed by atoms with van der Waals surface area (Å²) < 4.78 is 11.5. The van der Waals surface area contributed by atoms with Crippen molar-refractivity contribution in [3.05, 3.63) is 70.9 Å². The Balaban J connectivity index is 1.78. The van der Waals surface area contributed by atoms with Crippen molar-refractivity contribution in [2.45, 2.75) is 32.3 Å². The third-order valence-corrected chi connectivity index (χ3v) is 5.32. The van der Waals surface area contributed by atoms with E-state index in [1.165, 1.54) is 0 Å². The molecule has 0 unspecified atom stereocenters. The molecule has 146 valence electrons. The number of anilines is 1. The summed E-state index contributed by atoms with van der Waals surface area (Å²) in [5.74, 6) is 1.85. The van der Waals surface area contributed by atoms with Gasteiger partial charge in [0.25, 0.3) is 0 Å². The van der Waals surface area contributed by atoms with Crippen molar-refractivity contribution in [3.63, 3.8) is 0 Å². The summed E-state index contributed by atoms with van der Waals surface area (Å²) in [7, 11) is 1.65. The van der Waals surface area contributed by atoms with Gasteiger partial charge in [-0.25, -0.2) is 4.98 Å².